The van der Waals surface area contributed by atoms with Crippen LogP contribution < -0.4 is 5.73 Å². The third kappa shape index (κ3) is 3.34. The van der Waals surface area contributed by atoms with Crippen molar-refractivity contribution in [1.29, 1.82) is 0 Å². The van der Waals surface area contributed by atoms with Gasteiger partial charge in [-0.05, 0) is 46.3 Å². The van der Waals surface area contributed by atoms with E-state index in [1.807, 2.05) is 0 Å². The molecule has 102 valence electrons. The lowest BCUT2D eigenvalue weighted by Crippen LogP contribution is -2.13. The number of carbonyl (C=O) groups is 2. The Morgan fingerprint density at radius 1 is 1.20 bits per heavy atom. The fourth-order valence-corrected chi connectivity index (χ4v) is 2.55. The smallest absolute Gasteiger partial charge is 0.336 e. The highest BCUT2D eigenvalue weighted by molar-refractivity contribution is 9.10. The number of amides is 1. The molecule has 0 aliphatic carbocycles. The highest BCUT2D eigenvalue weighted by Crippen LogP contribution is 2.29. The summed E-state index contributed by atoms with van der Waals surface area (Å²) < 4.78 is 0.504. The molecule has 0 aliphatic rings. The van der Waals surface area contributed by atoms with Gasteiger partial charge >= 0.3 is 5.97 Å². The number of carboxylic acid groups (broad SMARTS) is 1. The maximum atomic E-state index is 11.0. The first-order valence-corrected chi connectivity index (χ1v) is 6.92. The first-order valence-electron chi connectivity index (χ1n) is 5.31. The first kappa shape index (κ1) is 14.5. The van der Waals surface area contributed by atoms with E-state index in [1.165, 1.54) is 23.9 Å². The molecule has 1 aromatic heterocycles. The number of hydrogen-bond acceptors (Lipinski definition) is 5. The average molecular weight is 354 g/mol. The van der Waals surface area contributed by atoms with Crippen molar-refractivity contribution in [3.8, 4) is 0 Å². The molecule has 2 rings (SSSR count). The maximum absolute atomic E-state index is 11.0. The normalized spacial score (nSPS) is 10.2. The number of carboxylic acids is 1. The Kier molecular flexibility index (Phi) is 4.35. The lowest BCUT2D eigenvalue weighted by atomic mass is 10.2. The van der Waals surface area contributed by atoms with Crippen LogP contribution in [0.2, 0.25) is 0 Å². The van der Waals surface area contributed by atoms with E-state index in [1.54, 1.807) is 18.2 Å². The van der Waals surface area contributed by atoms with Crippen molar-refractivity contribution in [2.45, 2.75) is 9.92 Å². The second-order valence-electron chi connectivity index (χ2n) is 3.67. The van der Waals surface area contributed by atoms with Gasteiger partial charge in [-0.3, -0.25) is 4.79 Å². The molecule has 0 fully saturated rings. The van der Waals surface area contributed by atoms with Crippen molar-refractivity contribution in [3.05, 3.63) is 46.1 Å². The monoisotopic (exact) mass is 353 g/mol. The molecule has 0 unspecified atom stereocenters. The summed E-state index contributed by atoms with van der Waals surface area (Å²) in [7, 11) is 0. The standard InChI is InChI=1S/C12H8BrN3O3S/c13-8-2-1-6(5-7(8)12(18)19)20-10-4-3-9(11(14)17)15-16-10/h1-5H,(H2,14,17)(H,18,19). The second kappa shape index (κ2) is 6.02. The van der Waals surface area contributed by atoms with E-state index in [0.29, 0.717) is 14.4 Å². The molecule has 2 aromatic rings. The summed E-state index contributed by atoms with van der Waals surface area (Å²) in [6.07, 6.45) is 0. The number of benzene rings is 1. The second-order valence-corrected chi connectivity index (χ2v) is 5.62. The summed E-state index contributed by atoms with van der Waals surface area (Å²) >= 11 is 4.41. The Morgan fingerprint density at radius 2 is 1.95 bits per heavy atom. The minimum atomic E-state index is -1.02. The number of aromatic nitrogens is 2. The molecule has 6 nitrogen and oxygen atoms in total. The summed E-state index contributed by atoms with van der Waals surface area (Å²) in [5, 5.41) is 17.1. The van der Waals surface area contributed by atoms with Crippen LogP contribution in [0.25, 0.3) is 0 Å². The van der Waals surface area contributed by atoms with Crippen molar-refractivity contribution in [1.82, 2.24) is 10.2 Å². The van der Waals surface area contributed by atoms with E-state index in [2.05, 4.69) is 26.1 Å². The van der Waals surface area contributed by atoms with Gasteiger partial charge in [0, 0.05) is 9.37 Å². The van der Waals surface area contributed by atoms with Gasteiger partial charge in [-0.2, -0.15) is 0 Å². The fourth-order valence-electron chi connectivity index (χ4n) is 1.36. The zero-order valence-corrected chi connectivity index (χ0v) is 12.3. The molecule has 1 aromatic carbocycles. The predicted molar refractivity (Wildman–Crippen MR) is 75.8 cm³/mol. The molecular weight excluding hydrogens is 346 g/mol. The molecule has 0 radical (unpaired) electrons. The Bertz CT molecular complexity index is 676. The number of nitrogens with zero attached hydrogens (tertiary/aromatic N) is 2. The van der Waals surface area contributed by atoms with Crippen LogP contribution in [0.4, 0.5) is 0 Å². The molecule has 0 saturated heterocycles. The lowest BCUT2D eigenvalue weighted by molar-refractivity contribution is 0.0695. The van der Waals surface area contributed by atoms with Crippen molar-refractivity contribution >= 4 is 39.6 Å². The number of aromatic carboxylic acids is 1. The van der Waals surface area contributed by atoms with Crippen LogP contribution in [0.3, 0.4) is 0 Å². The minimum Gasteiger partial charge on any atom is -0.478 e. The van der Waals surface area contributed by atoms with Crippen LogP contribution in [-0.2, 0) is 0 Å². The number of hydrogen-bond donors (Lipinski definition) is 2. The largest absolute Gasteiger partial charge is 0.478 e. The molecule has 0 saturated carbocycles. The van der Waals surface area contributed by atoms with Gasteiger partial charge in [-0.15, -0.1) is 10.2 Å². The van der Waals surface area contributed by atoms with E-state index in [0.717, 1.165) is 0 Å². The Labute approximate surface area is 126 Å². The first-order chi connectivity index (χ1) is 9.47. The van der Waals surface area contributed by atoms with E-state index in [4.69, 9.17) is 10.8 Å². The zero-order valence-electron chi connectivity index (χ0n) is 9.91. The van der Waals surface area contributed by atoms with Gasteiger partial charge < -0.3 is 10.8 Å². The maximum Gasteiger partial charge on any atom is 0.336 e. The fraction of sp³-hybridized carbons (Fsp3) is 0. The molecule has 20 heavy (non-hydrogen) atoms. The molecule has 0 aliphatic heterocycles. The number of halogens is 1. The summed E-state index contributed by atoms with van der Waals surface area (Å²) in [6.45, 7) is 0. The summed E-state index contributed by atoms with van der Waals surface area (Å²) in [6, 6.07) is 8.00. The number of primary amides is 1. The van der Waals surface area contributed by atoms with Crippen molar-refractivity contribution in [2.75, 3.05) is 0 Å². The topological polar surface area (TPSA) is 106 Å². The van der Waals surface area contributed by atoms with Crippen LogP contribution in [0, 0.1) is 0 Å². The third-order valence-corrected chi connectivity index (χ3v) is 3.89. The van der Waals surface area contributed by atoms with Crippen LogP contribution in [0.5, 0.6) is 0 Å². The van der Waals surface area contributed by atoms with Gasteiger partial charge in [0.25, 0.3) is 5.91 Å². The SMILES string of the molecule is NC(=O)c1ccc(Sc2ccc(Br)c(C(=O)O)c2)nn1. The minimum absolute atomic E-state index is 0.0800. The van der Waals surface area contributed by atoms with Gasteiger partial charge in [0.15, 0.2) is 5.69 Å². The third-order valence-electron chi connectivity index (χ3n) is 2.28. The number of rotatable bonds is 4. The van der Waals surface area contributed by atoms with Crippen LogP contribution in [0.1, 0.15) is 20.8 Å². The quantitative estimate of drug-likeness (QED) is 0.872. The average Bonchev–Trinajstić information content (AvgIpc) is 2.41. The molecule has 8 heteroatoms. The molecule has 0 spiro atoms. The zero-order chi connectivity index (χ0) is 14.7. The summed E-state index contributed by atoms with van der Waals surface area (Å²) in [5.41, 5.74) is 5.31. The molecule has 1 amide bonds. The van der Waals surface area contributed by atoms with Crippen molar-refractivity contribution < 1.29 is 14.7 Å². The lowest BCUT2D eigenvalue weighted by Gasteiger charge is -2.04. The number of nitrogens with two attached hydrogens (primary N) is 1. The Morgan fingerprint density at radius 3 is 2.50 bits per heavy atom. The van der Waals surface area contributed by atoms with Crippen molar-refractivity contribution in [3.63, 3.8) is 0 Å². The highest BCUT2D eigenvalue weighted by Gasteiger charge is 2.10. The molecule has 3 N–H and O–H groups in total. The van der Waals surface area contributed by atoms with Crippen LogP contribution >= 0.6 is 27.7 Å². The van der Waals surface area contributed by atoms with Gasteiger partial charge in [-0.25, -0.2) is 4.79 Å². The summed E-state index contributed by atoms with van der Waals surface area (Å²) in [4.78, 5) is 22.6. The van der Waals surface area contributed by atoms with Gasteiger partial charge in [0.05, 0.1) is 5.56 Å². The molecule has 0 bridgehead atoms. The van der Waals surface area contributed by atoms with Gasteiger partial charge in [0.1, 0.15) is 5.03 Å². The van der Waals surface area contributed by atoms with Gasteiger partial charge in [-0.1, -0.05) is 11.8 Å². The molecular formula is C12H8BrN3O3S. The number of carbonyl (C=O) groups excluding carboxylic acids is 1. The Hall–Kier alpha value is -1.93. The summed E-state index contributed by atoms with van der Waals surface area (Å²) in [5.74, 6) is -1.67. The predicted octanol–water partition coefficient (Wildman–Crippen LogP) is 2.19. The van der Waals surface area contributed by atoms with Gasteiger partial charge in [0.2, 0.25) is 0 Å². The molecule has 0 atom stereocenters. The van der Waals surface area contributed by atoms with E-state index < -0.39 is 11.9 Å². The molecule has 1 heterocycles. The Balaban J connectivity index is 2.23. The van der Waals surface area contributed by atoms with E-state index in [9.17, 15) is 9.59 Å². The highest BCUT2D eigenvalue weighted by atomic mass is 79.9. The van der Waals surface area contributed by atoms with E-state index in [-0.39, 0.29) is 11.3 Å². The van der Waals surface area contributed by atoms with Crippen LogP contribution in [-0.4, -0.2) is 27.2 Å². The van der Waals surface area contributed by atoms with E-state index >= 15 is 0 Å². The van der Waals surface area contributed by atoms with Crippen molar-refractivity contribution in [2.24, 2.45) is 5.73 Å². The van der Waals surface area contributed by atoms with Crippen LogP contribution in [0.15, 0.2) is 44.7 Å².